The van der Waals surface area contributed by atoms with E-state index in [0.29, 0.717) is 15.7 Å². The molecule has 134 valence electrons. The lowest BCUT2D eigenvalue weighted by molar-refractivity contribution is 0.127. The molecule has 9 heteroatoms. The van der Waals surface area contributed by atoms with E-state index < -0.39 is 11.6 Å². The number of halogens is 4. The van der Waals surface area contributed by atoms with Crippen LogP contribution in [0.25, 0.3) is 0 Å². The molecule has 5 nitrogen and oxygen atoms in total. The van der Waals surface area contributed by atoms with Crippen LogP contribution in [-0.2, 0) is 18.0 Å². The normalized spacial score (nSPS) is 11.6. The molecule has 26 heavy (non-hydrogen) atoms. The first-order valence-electron chi connectivity index (χ1n) is 7.43. The van der Waals surface area contributed by atoms with Crippen molar-refractivity contribution >= 4 is 28.9 Å². The summed E-state index contributed by atoms with van der Waals surface area (Å²) in [6.07, 6.45) is 6.25. The Morgan fingerprint density at radius 1 is 1.23 bits per heavy atom. The van der Waals surface area contributed by atoms with E-state index >= 15 is 0 Å². The van der Waals surface area contributed by atoms with Crippen molar-refractivity contribution in [3.63, 3.8) is 0 Å². The maximum Gasteiger partial charge on any atom is 0.160 e. The third-order valence-corrected chi connectivity index (χ3v) is 3.93. The minimum atomic E-state index is -0.741. The quantitative estimate of drug-likeness (QED) is 0.455. The number of pyridine rings is 1. The zero-order chi connectivity index (χ0) is 18.5. The fraction of sp³-hybridized carbons (Fsp3) is 0.118. The second-order valence-corrected chi connectivity index (χ2v) is 6.10. The van der Waals surface area contributed by atoms with Crippen LogP contribution in [0.3, 0.4) is 0 Å². The van der Waals surface area contributed by atoms with Crippen molar-refractivity contribution in [3.8, 4) is 0 Å². The average Bonchev–Trinajstić information content (AvgIpc) is 3.09. The zero-order valence-corrected chi connectivity index (χ0v) is 14.8. The third-order valence-electron chi connectivity index (χ3n) is 3.39. The van der Waals surface area contributed by atoms with Crippen LogP contribution in [0.15, 0.2) is 54.3 Å². The van der Waals surface area contributed by atoms with Gasteiger partial charge in [-0.2, -0.15) is 0 Å². The molecule has 2 heterocycles. The van der Waals surface area contributed by atoms with Crippen LogP contribution < -0.4 is 0 Å². The van der Waals surface area contributed by atoms with Crippen LogP contribution in [0.5, 0.6) is 0 Å². The van der Waals surface area contributed by atoms with E-state index in [9.17, 15) is 8.78 Å². The number of aromatic nitrogens is 3. The first-order valence-corrected chi connectivity index (χ1v) is 8.18. The summed E-state index contributed by atoms with van der Waals surface area (Å²) in [5, 5.41) is 4.72. The van der Waals surface area contributed by atoms with Gasteiger partial charge in [0.1, 0.15) is 17.3 Å². The van der Waals surface area contributed by atoms with Gasteiger partial charge in [0.15, 0.2) is 6.61 Å². The van der Waals surface area contributed by atoms with E-state index in [1.807, 2.05) is 0 Å². The van der Waals surface area contributed by atoms with E-state index in [1.54, 1.807) is 23.3 Å². The van der Waals surface area contributed by atoms with Crippen LogP contribution in [0.1, 0.15) is 11.3 Å². The summed E-state index contributed by atoms with van der Waals surface area (Å²) in [5.41, 5.74) is 0.808. The van der Waals surface area contributed by atoms with Gasteiger partial charge in [0.2, 0.25) is 0 Å². The SMILES string of the molecule is Fc1ccc(/C(Cn2ccnc2)=N/OCc2ncc(Cl)cc2Cl)c(F)c1. The summed E-state index contributed by atoms with van der Waals surface area (Å²) in [7, 11) is 0. The van der Waals surface area contributed by atoms with Crippen molar-refractivity contribution < 1.29 is 13.6 Å². The fourth-order valence-corrected chi connectivity index (χ4v) is 2.60. The minimum Gasteiger partial charge on any atom is -0.389 e. The molecule has 1 aromatic carbocycles. The molecule has 0 aliphatic carbocycles. The van der Waals surface area contributed by atoms with E-state index in [1.165, 1.54) is 18.3 Å². The molecule has 0 bridgehead atoms. The van der Waals surface area contributed by atoms with Crippen LogP contribution >= 0.6 is 23.2 Å². The molecule has 0 saturated heterocycles. The molecule has 0 radical (unpaired) electrons. The minimum absolute atomic E-state index is 0.0355. The van der Waals surface area contributed by atoms with E-state index in [4.69, 9.17) is 28.0 Å². The molecule has 3 rings (SSSR count). The predicted octanol–water partition coefficient (Wildman–Crippen LogP) is 4.48. The number of imidazole rings is 1. The van der Waals surface area contributed by atoms with Gasteiger partial charge in [-0.15, -0.1) is 0 Å². The first kappa shape index (κ1) is 18.3. The largest absolute Gasteiger partial charge is 0.389 e. The van der Waals surface area contributed by atoms with Crippen LogP contribution in [0, 0.1) is 11.6 Å². The lowest BCUT2D eigenvalue weighted by Gasteiger charge is -2.09. The van der Waals surface area contributed by atoms with Crippen LogP contribution in [0.4, 0.5) is 8.78 Å². The molecule has 0 atom stereocenters. The summed E-state index contributed by atoms with van der Waals surface area (Å²) < 4.78 is 29.0. The first-order chi connectivity index (χ1) is 12.5. The van der Waals surface area contributed by atoms with Crippen molar-refractivity contribution in [1.82, 2.24) is 14.5 Å². The Balaban J connectivity index is 1.83. The molecule has 3 aromatic rings. The molecular weight excluding hydrogens is 385 g/mol. The van der Waals surface area contributed by atoms with Gasteiger partial charge in [-0.25, -0.2) is 13.8 Å². The molecule has 0 aliphatic heterocycles. The Bertz CT molecular complexity index is 933. The van der Waals surface area contributed by atoms with Crippen LogP contribution in [-0.4, -0.2) is 20.2 Å². The van der Waals surface area contributed by atoms with Gasteiger partial charge in [-0.1, -0.05) is 28.4 Å². The average molecular weight is 397 g/mol. The number of rotatable bonds is 6. The molecule has 0 aliphatic rings. The number of hydrogen-bond donors (Lipinski definition) is 0. The Kier molecular flexibility index (Phi) is 5.80. The standard InChI is InChI=1S/C17H12Cl2F2N4O/c18-11-5-14(19)17(23-7-11)9-26-24-16(8-25-4-3-22-10-25)13-2-1-12(20)6-15(13)21/h1-7,10H,8-9H2/b24-16+. The van der Waals surface area contributed by atoms with E-state index in [2.05, 4.69) is 15.1 Å². The maximum absolute atomic E-state index is 14.1. The summed E-state index contributed by atoms with van der Waals surface area (Å²) in [6.45, 7) is 0.149. The molecule has 0 spiro atoms. The maximum atomic E-state index is 14.1. The second-order valence-electron chi connectivity index (χ2n) is 5.25. The molecule has 0 amide bonds. The highest BCUT2D eigenvalue weighted by Gasteiger charge is 2.13. The Hall–Kier alpha value is -2.51. The Labute approximate surface area is 157 Å². The van der Waals surface area contributed by atoms with Crippen LogP contribution in [0.2, 0.25) is 10.0 Å². The number of hydrogen-bond acceptors (Lipinski definition) is 4. The molecular formula is C17H12Cl2F2N4O. The Morgan fingerprint density at radius 2 is 2.08 bits per heavy atom. The molecule has 0 N–H and O–H groups in total. The summed E-state index contributed by atoms with van der Waals surface area (Å²) in [5.74, 6) is -1.42. The van der Waals surface area contributed by atoms with Crippen molar-refractivity contribution in [2.45, 2.75) is 13.2 Å². The molecule has 0 unspecified atom stereocenters. The monoisotopic (exact) mass is 396 g/mol. The highest BCUT2D eigenvalue weighted by Crippen LogP contribution is 2.19. The topological polar surface area (TPSA) is 52.3 Å². The summed E-state index contributed by atoms with van der Waals surface area (Å²) >= 11 is 11.8. The zero-order valence-electron chi connectivity index (χ0n) is 13.2. The van der Waals surface area contributed by atoms with Crippen molar-refractivity contribution in [2.24, 2.45) is 5.16 Å². The highest BCUT2D eigenvalue weighted by molar-refractivity contribution is 6.34. The van der Waals surface area contributed by atoms with Crippen molar-refractivity contribution in [2.75, 3.05) is 0 Å². The van der Waals surface area contributed by atoms with Gasteiger partial charge in [0.05, 0.1) is 28.6 Å². The lowest BCUT2D eigenvalue weighted by Crippen LogP contribution is -2.13. The predicted molar refractivity (Wildman–Crippen MR) is 94.2 cm³/mol. The van der Waals surface area contributed by atoms with Gasteiger partial charge in [0.25, 0.3) is 0 Å². The van der Waals surface area contributed by atoms with Gasteiger partial charge >= 0.3 is 0 Å². The van der Waals surface area contributed by atoms with Gasteiger partial charge in [-0.3, -0.25) is 4.98 Å². The van der Waals surface area contributed by atoms with Gasteiger partial charge < -0.3 is 9.40 Å². The number of benzene rings is 1. The second kappa shape index (κ2) is 8.25. The van der Waals surface area contributed by atoms with Gasteiger partial charge in [-0.05, 0) is 18.2 Å². The Morgan fingerprint density at radius 3 is 2.77 bits per heavy atom. The lowest BCUT2D eigenvalue weighted by atomic mass is 10.1. The smallest absolute Gasteiger partial charge is 0.160 e. The fourth-order valence-electron chi connectivity index (χ4n) is 2.16. The van der Waals surface area contributed by atoms with Crippen molar-refractivity contribution in [3.05, 3.63) is 82.1 Å². The van der Waals surface area contributed by atoms with Gasteiger partial charge in [0, 0.05) is 30.2 Å². The van der Waals surface area contributed by atoms with E-state index in [0.717, 1.165) is 12.1 Å². The number of oxime groups is 1. The highest BCUT2D eigenvalue weighted by atomic mass is 35.5. The third kappa shape index (κ3) is 4.56. The number of nitrogens with zero attached hydrogens (tertiary/aromatic N) is 4. The van der Waals surface area contributed by atoms with Crippen molar-refractivity contribution in [1.29, 1.82) is 0 Å². The summed E-state index contributed by atoms with van der Waals surface area (Å²) in [6, 6.07) is 4.78. The molecule has 0 fully saturated rings. The summed E-state index contributed by atoms with van der Waals surface area (Å²) in [4.78, 5) is 13.3. The van der Waals surface area contributed by atoms with E-state index in [-0.39, 0.29) is 24.4 Å². The molecule has 2 aromatic heterocycles. The molecule has 0 saturated carbocycles.